The molecule has 11 nitrogen and oxygen atoms in total. The summed E-state index contributed by atoms with van der Waals surface area (Å²) in [7, 11) is 1.54. The maximum Gasteiger partial charge on any atom is 0.295 e. The van der Waals surface area contributed by atoms with Gasteiger partial charge in [0.05, 0.1) is 42.5 Å². The molecule has 0 aliphatic carbocycles. The predicted octanol–water partition coefficient (Wildman–Crippen LogP) is 3.10. The number of hydrogen-bond acceptors (Lipinski definition) is 9. The molecular formula is C26H24N6O5. The first-order valence-electron chi connectivity index (χ1n) is 11.6. The number of aromatic nitrogens is 2. The Bertz CT molecular complexity index is 1580. The van der Waals surface area contributed by atoms with Crippen LogP contribution in [0.4, 0.5) is 11.4 Å². The number of rotatable bonds is 6. The average Bonchev–Trinajstić information content (AvgIpc) is 2.93. The third-order valence-electron chi connectivity index (χ3n) is 6.23. The van der Waals surface area contributed by atoms with Crippen LogP contribution in [0.5, 0.6) is 5.75 Å². The van der Waals surface area contributed by atoms with Crippen LogP contribution in [-0.4, -0.2) is 54.3 Å². The molecule has 0 saturated carbocycles. The number of fused-ring (bicyclic) bond motifs is 1. The Morgan fingerprint density at radius 2 is 1.86 bits per heavy atom. The maximum absolute atomic E-state index is 13.6. The predicted molar refractivity (Wildman–Crippen MR) is 141 cm³/mol. The van der Waals surface area contributed by atoms with Gasteiger partial charge in [-0.15, -0.1) is 0 Å². The number of anilines is 1. The van der Waals surface area contributed by atoms with E-state index in [1.807, 2.05) is 0 Å². The summed E-state index contributed by atoms with van der Waals surface area (Å²) in [5.41, 5.74) is 1.88. The molecule has 188 valence electrons. The van der Waals surface area contributed by atoms with Crippen molar-refractivity contribution in [3.05, 3.63) is 86.7 Å². The van der Waals surface area contributed by atoms with Gasteiger partial charge in [0, 0.05) is 35.8 Å². The van der Waals surface area contributed by atoms with Crippen molar-refractivity contribution in [2.24, 2.45) is 10.9 Å². The summed E-state index contributed by atoms with van der Waals surface area (Å²) < 4.78 is 12.0. The lowest BCUT2D eigenvalue weighted by atomic mass is 10.0. The Balaban J connectivity index is 1.79. The highest BCUT2D eigenvalue weighted by molar-refractivity contribution is 5.95. The molecule has 0 unspecified atom stereocenters. The van der Waals surface area contributed by atoms with E-state index < -0.39 is 10.5 Å². The number of benzene rings is 3. The maximum atomic E-state index is 13.6. The van der Waals surface area contributed by atoms with E-state index in [9.17, 15) is 14.9 Å². The van der Waals surface area contributed by atoms with Crippen molar-refractivity contribution in [3.63, 3.8) is 0 Å². The summed E-state index contributed by atoms with van der Waals surface area (Å²) in [5, 5.41) is 21.2. The number of nitro groups is 1. The number of nitrogens with zero attached hydrogens (tertiary/aromatic N) is 5. The molecular weight excluding hydrogens is 476 g/mol. The van der Waals surface area contributed by atoms with Crippen LogP contribution in [0.15, 0.2) is 70.6 Å². The minimum atomic E-state index is -0.511. The monoisotopic (exact) mass is 500 g/mol. The van der Waals surface area contributed by atoms with E-state index in [2.05, 4.69) is 15.1 Å². The Kier molecular flexibility index (Phi) is 6.52. The fraction of sp³-hybridized carbons (Fsp3) is 0.192. The van der Waals surface area contributed by atoms with Crippen LogP contribution in [0, 0.1) is 10.1 Å². The number of hydrogen-bond donors (Lipinski definition) is 1. The Hall–Kier alpha value is -4.77. The second-order valence-electron chi connectivity index (χ2n) is 8.41. The number of ether oxygens (including phenoxy) is 2. The summed E-state index contributed by atoms with van der Waals surface area (Å²) in [6.07, 6.45) is 1.47. The van der Waals surface area contributed by atoms with Gasteiger partial charge in [-0.2, -0.15) is 14.9 Å². The van der Waals surface area contributed by atoms with Crippen molar-refractivity contribution >= 4 is 28.4 Å². The zero-order valence-corrected chi connectivity index (χ0v) is 20.0. The van der Waals surface area contributed by atoms with Gasteiger partial charge in [-0.25, -0.2) is 0 Å². The van der Waals surface area contributed by atoms with Crippen molar-refractivity contribution in [3.8, 4) is 22.7 Å². The van der Waals surface area contributed by atoms with Crippen LogP contribution >= 0.6 is 0 Å². The van der Waals surface area contributed by atoms with Crippen LogP contribution < -0.4 is 21.0 Å². The van der Waals surface area contributed by atoms with Gasteiger partial charge in [-0.3, -0.25) is 14.9 Å². The molecule has 2 heterocycles. The fourth-order valence-electron chi connectivity index (χ4n) is 4.46. The zero-order valence-electron chi connectivity index (χ0n) is 20.0. The van der Waals surface area contributed by atoms with Gasteiger partial charge >= 0.3 is 0 Å². The van der Waals surface area contributed by atoms with E-state index in [1.165, 1.54) is 19.4 Å². The van der Waals surface area contributed by atoms with Gasteiger partial charge in [0.1, 0.15) is 11.4 Å². The normalized spacial score (nSPS) is 13.8. The smallest absolute Gasteiger partial charge is 0.295 e. The highest BCUT2D eigenvalue weighted by atomic mass is 16.6. The van der Waals surface area contributed by atoms with E-state index in [4.69, 9.17) is 15.3 Å². The average molecular weight is 501 g/mol. The molecule has 4 aromatic rings. The van der Waals surface area contributed by atoms with Crippen LogP contribution in [0.25, 0.3) is 27.7 Å². The quantitative estimate of drug-likeness (QED) is 0.184. The summed E-state index contributed by atoms with van der Waals surface area (Å²) >= 11 is 0. The molecule has 11 heteroatoms. The molecule has 3 aromatic carbocycles. The molecule has 0 spiro atoms. The largest absolute Gasteiger partial charge is 0.497 e. The van der Waals surface area contributed by atoms with E-state index >= 15 is 0 Å². The molecule has 1 aromatic heterocycles. The first kappa shape index (κ1) is 23.9. The molecule has 0 radical (unpaired) electrons. The number of morpholine rings is 1. The lowest BCUT2D eigenvalue weighted by Crippen LogP contribution is -2.36. The van der Waals surface area contributed by atoms with Crippen LogP contribution in [0.1, 0.15) is 5.56 Å². The van der Waals surface area contributed by atoms with Gasteiger partial charge in [0.2, 0.25) is 0 Å². The highest BCUT2D eigenvalue weighted by Crippen LogP contribution is 2.32. The minimum Gasteiger partial charge on any atom is -0.497 e. The number of nitrogens with two attached hydrogens (primary N) is 1. The van der Waals surface area contributed by atoms with Crippen molar-refractivity contribution in [2.75, 3.05) is 38.3 Å². The Morgan fingerprint density at radius 3 is 2.57 bits per heavy atom. The molecule has 1 aliphatic heterocycles. The zero-order chi connectivity index (χ0) is 25.9. The lowest BCUT2D eigenvalue weighted by molar-refractivity contribution is -0.384. The van der Waals surface area contributed by atoms with Gasteiger partial charge < -0.3 is 20.2 Å². The van der Waals surface area contributed by atoms with Gasteiger partial charge in [0.25, 0.3) is 11.2 Å². The molecule has 1 fully saturated rings. The fourth-order valence-corrected chi connectivity index (χ4v) is 4.46. The lowest BCUT2D eigenvalue weighted by Gasteiger charge is -2.29. The molecule has 37 heavy (non-hydrogen) atoms. The van der Waals surface area contributed by atoms with Gasteiger partial charge in [-0.1, -0.05) is 18.2 Å². The second kappa shape index (κ2) is 10.1. The second-order valence-corrected chi connectivity index (χ2v) is 8.41. The number of methoxy groups -OCH3 is 1. The standard InChI is InChI=1S/C26H24N6O5/c1-36-20-13-17(16-28-27)12-18(14-20)25-21-4-2-3-5-22(21)26(33)31(29-25)24-15-19(6-7-23(24)32(34)35)30-8-10-37-11-9-30/h2-7,12-16H,8-11,27H2,1H3/b28-16+. The third kappa shape index (κ3) is 4.59. The Morgan fingerprint density at radius 1 is 1.11 bits per heavy atom. The molecule has 0 amide bonds. The molecule has 5 rings (SSSR count). The van der Waals surface area contributed by atoms with Crippen molar-refractivity contribution in [1.29, 1.82) is 0 Å². The third-order valence-corrected chi connectivity index (χ3v) is 6.23. The van der Waals surface area contributed by atoms with E-state index in [1.54, 1.807) is 54.6 Å². The molecule has 1 saturated heterocycles. The van der Waals surface area contributed by atoms with Crippen molar-refractivity contribution in [2.45, 2.75) is 0 Å². The highest BCUT2D eigenvalue weighted by Gasteiger charge is 2.23. The van der Waals surface area contributed by atoms with Crippen LogP contribution in [-0.2, 0) is 4.74 Å². The SMILES string of the molecule is COc1cc(/C=N/N)cc(-c2nn(-c3cc(N4CCOCC4)ccc3[N+](=O)[O-])c(=O)c3ccccc23)c1. The number of nitro benzene ring substituents is 1. The van der Waals surface area contributed by atoms with Crippen LogP contribution in [0.2, 0.25) is 0 Å². The molecule has 0 atom stereocenters. The van der Waals surface area contributed by atoms with E-state index in [0.717, 1.165) is 10.4 Å². The summed E-state index contributed by atoms with van der Waals surface area (Å²) in [4.78, 5) is 27.2. The summed E-state index contributed by atoms with van der Waals surface area (Å²) in [6, 6.07) is 17.1. The number of hydrazone groups is 1. The van der Waals surface area contributed by atoms with Crippen molar-refractivity contribution in [1.82, 2.24) is 9.78 Å². The summed E-state index contributed by atoms with van der Waals surface area (Å²) in [6.45, 7) is 2.37. The van der Waals surface area contributed by atoms with E-state index in [0.29, 0.717) is 59.6 Å². The Labute approximate surface area is 211 Å². The minimum absolute atomic E-state index is 0.0811. The molecule has 2 N–H and O–H groups in total. The van der Waals surface area contributed by atoms with Crippen molar-refractivity contribution < 1.29 is 14.4 Å². The molecule has 1 aliphatic rings. The van der Waals surface area contributed by atoms with Gasteiger partial charge in [-0.05, 0) is 42.0 Å². The van der Waals surface area contributed by atoms with E-state index in [-0.39, 0.29) is 11.4 Å². The first-order chi connectivity index (χ1) is 18.0. The molecule has 0 bridgehead atoms. The van der Waals surface area contributed by atoms with Crippen LogP contribution in [0.3, 0.4) is 0 Å². The summed E-state index contributed by atoms with van der Waals surface area (Å²) in [5.74, 6) is 5.90. The van der Waals surface area contributed by atoms with Gasteiger partial charge in [0.15, 0.2) is 0 Å². The first-order valence-corrected chi connectivity index (χ1v) is 11.6. The topological polar surface area (TPSA) is 138 Å².